The minimum absolute atomic E-state index is 0.417. The number of rotatable bonds is 3. The molecule has 0 saturated heterocycles. The second-order valence-electron chi connectivity index (χ2n) is 5.20. The summed E-state index contributed by atoms with van der Waals surface area (Å²) < 4.78 is 5.98. The summed E-state index contributed by atoms with van der Waals surface area (Å²) in [5.74, 6) is 1.66. The summed E-state index contributed by atoms with van der Waals surface area (Å²) in [5.41, 5.74) is 9.54. The second kappa shape index (κ2) is 5.86. The Labute approximate surface area is 124 Å². The van der Waals surface area contributed by atoms with E-state index in [1.807, 2.05) is 24.3 Å². The van der Waals surface area contributed by atoms with E-state index in [0.29, 0.717) is 11.6 Å². The average molecular weight is 288 g/mol. The summed E-state index contributed by atoms with van der Waals surface area (Å²) >= 11 is 5.98. The van der Waals surface area contributed by atoms with Crippen molar-refractivity contribution in [2.75, 3.05) is 0 Å². The largest absolute Gasteiger partial charge is 0.457 e. The van der Waals surface area contributed by atoms with Crippen molar-refractivity contribution in [1.29, 1.82) is 0 Å². The van der Waals surface area contributed by atoms with Crippen molar-refractivity contribution in [3.63, 3.8) is 0 Å². The molecule has 0 unspecified atom stereocenters. The first-order valence-corrected chi connectivity index (χ1v) is 7.42. The van der Waals surface area contributed by atoms with Crippen LogP contribution in [0.15, 0.2) is 36.4 Å². The monoisotopic (exact) mass is 287 g/mol. The summed E-state index contributed by atoms with van der Waals surface area (Å²) in [6.45, 7) is 0.417. The van der Waals surface area contributed by atoms with Gasteiger partial charge in [-0.2, -0.15) is 0 Å². The highest BCUT2D eigenvalue weighted by Gasteiger charge is 2.11. The molecule has 1 aliphatic rings. The van der Waals surface area contributed by atoms with Crippen LogP contribution < -0.4 is 10.5 Å². The molecule has 2 aromatic rings. The number of fused-ring (bicyclic) bond motifs is 1. The first-order valence-electron chi connectivity index (χ1n) is 7.04. The lowest BCUT2D eigenvalue weighted by Crippen LogP contribution is -2.03. The molecule has 0 bridgehead atoms. The van der Waals surface area contributed by atoms with Gasteiger partial charge in [-0.25, -0.2) is 0 Å². The number of aryl methyl sites for hydroxylation is 2. The van der Waals surface area contributed by atoms with E-state index < -0.39 is 0 Å². The standard InChI is InChI=1S/C17H18ClNO/c18-15-6-8-17(14(9-15)11-19)20-16-7-5-12-3-1-2-4-13(12)10-16/h5-10H,1-4,11,19H2. The Morgan fingerprint density at radius 1 is 1.00 bits per heavy atom. The topological polar surface area (TPSA) is 35.2 Å². The van der Waals surface area contributed by atoms with Crippen molar-refractivity contribution in [1.82, 2.24) is 0 Å². The van der Waals surface area contributed by atoms with Crippen LogP contribution in [0.2, 0.25) is 5.02 Å². The van der Waals surface area contributed by atoms with E-state index in [1.54, 1.807) is 0 Å². The summed E-state index contributed by atoms with van der Waals surface area (Å²) in [5, 5.41) is 0.684. The zero-order valence-electron chi connectivity index (χ0n) is 11.4. The van der Waals surface area contributed by atoms with Crippen molar-refractivity contribution < 1.29 is 4.74 Å². The molecule has 0 heterocycles. The number of hydrogen-bond acceptors (Lipinski definition) is 2. The van der Waals surface area contributed by atoms with Gasteiger partial charge in [0.1, 0.15) is 11.5 Å². The molecule has 104 valence electrons. The predicted octanol–water partition coefficient (Wildman–Crippen LogP) is 4.47. The maximum Gasteiger partial charge on any atom is 0.132 e. The molecule has 2 nitrogen and oxygen atoms in total. The Balaban J connectivity index is 1.87. The van der Waals surface area contributed by atoms with E-state index in [4.69, 9.17) is 22.1 Å². The molecule has 3 rings (SSSR count). The maximum atomic E-state index is 5.98. The van der Waals surface area contributed by atoms with Gasteiger partial charge in [0.15, 0.2) is 0 Å². The fourth-order valence-electron chi connectivity index (χ4n) is 2.71. The molecule has 0 aliphatic heterocycles. The van der Waals surface area contributed by atoms with Gasteiger partial charge < -0.3 is 10.5 Å². The average Bonchev–Trinajstić information content (AvgIpc) is 2.49. The molecule has 0 fully saturated rings. The van der Waals surface area contributed by atoms with E-state index in [1.165, 1.54) is 30.4 Å². The van der Waals surface area contributed by atoms with E-state index in [0.717, 1.165) is 23.5 Å². The minimum Gasteiger partial charge on any atom is -0.457 e. The number of benzene rings is 2. The van der Waals surface area contributed by atoms with Crippen LogP contribution in [0.4, 0.5) is 0 Å². The van der Waals surface area contributed by atoms with Gasteiger partial charge in [-0.05, 0) is 67.1 Å². The molecule has 2 N–H and O–H groups in total. The van der Waals surface area contributed by atoms with Crippen molar-refractivity contribution >= 4 is 11.6 Å². The van der Waals surface area contributed by atoms with Crippen molar-refractivity contribution in [3.8, 4) is 11.5 Å². The Hall–Kier alpha value is -1.51. The molecule has 0 saturated carbocycles. The van der Waals surface area contributed by atoms with Crippen LogP contribution in [-0.2, 0) is 19.4 Å². The van der Waals surface area contributed by atoms with Crippen molar-refractivity contribution in [3.05, 3.63) is 58.1 Å². The third-order valence-electron chi connectivity index (χ3n) is 3.79. The normalized spacial score (nSPS) is 13.9. The van der Waals surface area contributed by atoms with Crippen LogP contribution in [0, 0.1) is 0 Å². The van der Waals surface area contributed by atoms with Gasteiger partial charge in [0, 0.05) is 17.1 Å². The second-order valence-corrected chi connectivity index (χ2v) is 5.63. The number of halogens is 1. The minimum atomic E-state index is 0.417. The third-order valence-corrected chi connectivity index (χ3v) is 4.03. The summed E-state index contributed by atoms with van der Waals surface area (Å²) in [7, 11) is 0. The van der Waals surface area contributed by atoms with Gasteiger partial charge in [-0.1, -0.05) is 17.7 Å². The van der Waals surface area contributed by atoms with Gasteiger partial charge in [0.2, 0.25) is 0 Å². The Morgan fingerprint density at radius 3 is 2.60 bits per heavy atom. The maximum absolute atomic E-state index is 5.98. The van der Waals surface area contributed by atoms with Crippen molar-refractivity contribution in [2.24, 2.45) is 5.73 Å². The molecule has 2 aromatic carbocycles. The van der Waals surface area contributed by atoms with Gasteiger partial charge in [0.05, 0.1) is 0 Å². The van der Waals surface area contributed by atoms with Gasteiger partial charge in [-0.3, -0.25) is 0 Å². The Kier molecular flexibility index (Phi) is 3.95. The highest BCUT2D eigenvalue weighted by molar-refractivity contribution is 6.30. The van der Waals surface area contributed by atoms with Crippen LogP contribution in [0.5, 0.6) is 11.5 Å². The van der Waals surface area contributed by atoms with Gasteiger partial charge in [-0.15, -0.1) is 0 Å². The quantitative estimate of drug-likeness (QED) is 0.904. The summed E-state index contributed by atoms with van der Waals surface area (Å²) in [6, 6.07) is 11.9. The molecule has 0 radical (unpaired) electrons. The Morgan fingerprint density at radius 2 is 1.80 bits per heavy atom. The first kappa shape index (κ1) is 13.5. The SMILES string of the molecule is NCc1cc(Cl)ccc1Oc1ccc2c(c1)CCCC2. The molecular formula is C17H18ClNO. The van der Waals surface area contributed by atoms with E-state index in [9.17, 15) is 0 Å². The number of nitrogens with two attached hydrogens (primary N) is 1. The molecule has 0 spiro atoms. The van der Waals surface area contributed by atoms with Gasteiger partial charge >= 0.3 is 0 Å². The third kappa shape index (κ3) is 2.82. The number of hydrogen-bond donors (Lipinski definition) is 1. The molecule has 1 aliphatic carbocycles. The predicted molar refractivity (Wildman–Crippen MR) is 82.5 cm³/mol. The van der Waals surface area contributed by atoms with Crippen molar-refractivity contribution in [2.45, 2.75) is 32.2 Å². The zero-order valence-corrected chi connectivity index (χ0v) is 12.1. The van der Waals surface area contributed by atoms with Crippen LogP contribution in [0.3, 0.4) is 0 Å². The molecule has 20 heavy (non-hydrogen) atoms. The fraction of sp³-hybridized carbons (Fsp3) is 0.294. The number of ether oxygens (including phenoxy) is 1. The van der Waals surface area contributed by atoms with Gasteiger partial charge in [0.25, 0.3) is 0 Å². The van der Waals surface area contributed by atoms with Crippen LogP contribution in [0.1, 0.15) is 29.5 Å². The highest BCUT2D eigenvalue weighted by atomic mass is 35.5. The molecule has 0 aromatic heterocycles. The Bertz CT molecular complexity index is 624. The fourth-order valence-corrected chi connectivity index (χ4v) is 2.90. The van der Waals surface area contributed by atoms with Crippen LogP contribution >= 0.6 is 11.6 Å². The first-order chi connectivity index (χ1) is 9.76. The highest BCUT2D eigenvalue weighted by Crippen LogP contribution is 2.31. The molecule has 3 heteroatoms. The lowest BCUT2D eigenvalue weighted by molar-refractivity contribution is 0.474. The molecular weight excluding hydrogens is 270 g/mol. The smallest absolute Gasteiger partial charge is 0.132 e. The lowest BCUT2D eigenvalue weighted by Gasteiger charge is -2.17. The molecule has 0 amide bonds. The van der Waals surface area contributed by atoms with Crippen LogP contribution in [-0.4, -0.2) is 0 Å². The summed E-state index contributed by atoms with van der Waals surface area (Å²) in [6.07, 6.45) is 4.90. The summed E-state index contributed by atoms with van der Waals surface area (Å²) in [4.78, 5) is 0. The van der Waals surface area contributed by atoms with E-state index in [-0.39, 0.29) is 0 Å². The van der Waals surface area contributed by atoms with E-state index >= 15 is 0 Å². The lowest BCUT2D eigenvalue weighted by atomic mass is 9.92. The molecule has 0 atom stereocenters. The zero-order chi connectivity index (χ0) is 13.9. The van der Waals surface area contributed by atoms with Crippen LogP contribution in [0.25, 0.3) is 0 Å². The van der Waals surface area contributed by atoms with E-state index in [2.05, 4.69) is 12.1 Å².